The zero-order chi connectivity index (χ0) is 24.5. The van der Waals surface area contributed by atoms with Crippen LogP contribution in [0.5, 0.6) is 0 Å². The van der Waals surface area contributed by atoms with Crippen LogP contribution in [0.4, 0.5) is 0 Å². The molecule has 3 aromatic rings. The molecule has 1 atom stereocenters. The van der Waals surface area contributed by atoms with E-state index in [1.807, 2.05) is 61.7 Å². The van der Waals surface area contributed by atoms with Gasteiger partial charge in [-0.2, -0.15) is 11.8 Å². The van der Waals surface area contributed by atoms with Crippen molar-refractivity contribution in [1.82, 2.24) is 5.32 Å². The van der Waals surface area contributed by atoms with E-state index in [0.717, 1.165) is 27.8 Å². The van der Waals surface area contributed by atoms with Gasteiger partial charge in [-0.25, -0.2) is 4.79 Å². The lowest BCUT2D eigenvalue weighted by atomic mass is 9.93. The lowest BCUT2D eigenvalue weighted by Crippen LogP contribution is -2.41. The quantitative estimate of drug-likeness (QED) is 0.375. The molecule has 0 bridgehead atoms. The molecule has 178 valence electrons. The number of nitrogens with one attached hydrogen (secondary N) is 1. The van der Waals surface area contributed by atoms with Crippen LogP contribution in [0.1, 0.15) is 39.0 Å². The first kappa shape index (κ1) is 25.5. The van der Waals surface area contributed by atoms with Gasteiger partial charge in [-0.05, 0) is 72.2 Å². The maximum Gasteiger partial charge on any atom is 0.326 e. The summed E-state index contributed by atoms with van der Waals surface area (Å²) >= 11 is 1.55. The molecule has 0 saturated heterocycles. The molecule has 6 heteroatoms. The van der Waals surface area contributed by atoms with Crippen LogP contribution in [0.2, 0.25) is 0 Å². The summed E-state index contributed by atoms with van der Waals surface area (Å²) in [6.07, 6.45) is 2.28. The van der Waals surface area contributed by atoms with Gasteiger partial charge < -0.3 is 15.2 Å². The number of hydrogen-bond donors (Lipinski definition) is 2. The molecule has 0 aliphatic heterocycles. The van der Waals surface area contributed by atoms with Crippen molar-refractivity contribution in [2.45, 2.75) is 39.5 Å². The average molecular weight is 478 g/mol. The maximum atomic E-state index is 13.2. The van der Waals surface area contributed by atoms with Crippen LogP contribution in [-0.2, 0) is 22.7 Å². The second kappa shape index (κ2) is 12.4. The Hall–Kier alpha value is -3.09. The van der Waals surface area contributed by atoms with Gasteiger partial charge in [-0.1, -0.05) is 60.2 Å². The Morgan fingerprint density at radius 3 is 2.35 bits per heavy atom. The summed E-state index contributed by atoms with van der Waals surface area (Å²) in [5.74, 6) is -0.765. The van der Waals surface area contributed by atoms with Crippen molar-refractivity contribution in [3.8, 4) is 11.1 Å². The topological polar surface area (TPSA) is 75.6 Å². The smallest absolute Gasteiger partial charge is 0.326 e. The average Bonchev–Trinajstić information content (AvgIpc) is 2.82. The summed E-state index contributed by atoms with van der Waals surface area (Å²) < 4.78 is 5.94. The Balaban J connectivity index is 1.85. The molecule has 0 unspecified atom stereocenters. The zero-order valence-corrected chi connectivity index (χ0v) is 20.7. The van der Waals surface area contributed by atoms with Gasteiger partial charge in [0.2, 0.25) is 0 Å². The molecule has 0 heterocycles. The van der Waals surface area contributed by atoms with Gasteiger partial charge in [0, 0.05) is 5.56 Å². The van der Waals surface area contributed by atoms with Gasteiger partial charge in [0.25, 0.3) is 5.91 Å². The predicted octanol–water partition coefficient (Wildman–Crippen LogP) is 5.62. The molecule has 0 spiro atoms. The Bertz CT molecular complexity index is 1140. The standard InChI is InChI=1S/C28H31NO4S/c1-19-7-6-9-21(15-19)17-33-18-22-11-12-24(25(16-22)23-10-5-4-8-20(23)2)27(30)29-26(28(31)32)13-14-34-3/h4-12,15-16,26H,13-14,17-18H2,1-3H3,(H,29,30)(H,31,32)/t26-/m0/s1. The molecule has 3 rings (SSSR count). The first-order chi connectivity index (χ1) is 16.4. The van der Waals surface area contributed by atoms with Gasteiger partial charge in [-0.15, -0.1) is 0 Å². The number of carboxylic acid groups (broad SMARTS) is 1. The van der Waals surface area contributed by atoms with E-state index >= 15 is 0 Å². The summed E-state index contributed by atoms with van der Waals surface area (Å²) in [6, 6.07) is 20.7. The number of ether oxygens (including phenoxy) is 1. The number of aliphatic carboxylic acids is 1. The fourth-order valence-corrected chi connectivity index (χ4v) is 4.27. The predicted molar refractivity (Wildman–Crippen MR) is 138 cm³/mol. The summed E-state index contributed by atoms with van der Waals surface area (Å²) in [5.41, 5.74) is 6.43. The number of rotatable bonds is 11. The lowest BCUT2D eigenvalue weighted by Gasteiger charge is -2.18. The second-order valence-corrected chi connectivity index (χ2v) is 9.31. The molecule has 1 amide bonds. The highest BCUT2D eigenvalue weighted by Crippen LogP contribution is 2.29. The normalized spacial score (nSPS) is 11.7. The molecule has 0 aliphatic rings. The van der Waals surface area contributed by atoms with Crippen molar-refractivity contribution in [2.24, 2.45) is 0 Å². The van der Waals surface area contributed by atoms with Crippen LogP contribution in [0.3, 0.4) is 0 Å². The highest BCUT2D eigenvalue weighted by atomic mass is 32.2. The first-order valence-electron chi connectivity index (χ1n) is 11.2. The molecular formula is C28H31NO4S. The van der Waals surface area contributed by atoms with E-state index < -0.39 is 12.0 Å². The largest absolute Gasteiger partial charge is 0.480 e. The second-order valence-electron chi connectivity index (χ2n) is 8.32. The lowest BCUT2D eigenvalue weighted by molar-refractivity contribution is -0.139. The van der Waals surface area contributed by atoms with Crippen molar-refractivity contribution < 1.29 is 19.4 Å². The Morgan fingerprint density at radius 1 is 0.941 bits per heavy atom. The van der Waals surface area contributed by atoms with E-state index in [2.05, 4.69) is 24.4 Å². The SMILES string of the molecule is CSCC[C@H](NC(=O)c1ccc(COCc2cccc(C)c2)cc1-c1ccccc1C)C(=O)O. The summed E-state index contributed by atoms with van der Waals surface area (Å²) in [6.45, 7) is 4.95. The molecule has 0 aliphatic carbocycles. The van der Waals surface area contributed by atoms with E-state index in [-0.39, 0.29) is 5.91 Å². The molecule has 0 fully saturated rings. The van der Waals surface area contributed by atoms with Crippen LogP contribution in [0, 0.1) is 13.8 Å². The van der Waals surface area contributed by atoms with Crippen molar-refractivity contribution in [3.05, 3.63) is 94.5 Å². The Morgan fingerprint density at radius 2 is 1.68 bits per heavy atom. The Kier molecular flexibility index (Phi) is 9.31. The van der Waals surface area contributed by atoms with Crippen molar-refractivity contribution in [1.29, 1.82) is 0 Å². The van der Waals surface area contributed by atoms with E-state index in [1.54, 1.807) is 17.8 Å². The molecule has 0 radical (unpaired) electrons. The zero-order valence-electron chi connectivity index (χ0n) is 19.8. The van der Waals surface area contributed by atoms with Gasteiger partial charge in [-0.3, -0.25) is 4.79 Å². The summed E-state index contributed by atoms with van der Waals surface area (Å²) in [5, 5.41) is 12.2. The summed E-state index contributed by atoms with van der Waals surface area (Å²) in [4.78, 5) is 24.8. The first-order valence-corrected chi connectivity index (χ1v) is 12.6. The van der Waals surface area contributed by atoms with E-state index in [0.29, 0.717) is 31.0 Å². The van der Waals surface area contributed by atoms with Gasteiger partial charge >= 0.3 is 5.97 Å². The van der Waals surface area contributed by atoms with Gasteiger partial charge in [0.1, 0.15) is 6.04 Å². The number of thioether (sulfide) groups is 1. The third-order valence-corrected chi connectivity index (χ3v) is 6.24. The van der Waals surface area contributed by atoms with Crippen LogP contribution in [0.15, 0.2) is 66.7 Å². The number of hydrogen-bond acceptors (Lipinski definition) is 4. The third-order valence-electron chi connectivity index (χ3n) is 5.60. The molecular weight excluding hydrogens is 446 g/mol. The van der Waals surface area contributed by atoms with Gasteiger partial charge in [0.15, 0.2) is 0 Å². The highest BCUT2D eigenvalue weighted by molar-refractivity contribution is 7.98. The minimum absolute atomic E-state index is 0.368. The van der Waals surface area contributed by atoms with Crippen LogP contribution in [-0.4, -0.2) is 35.0 Å². The minimum Gasteiger partial charge on any atom is -0.480 e. The highest BCUT2D eigenvalue weighted by Gasteiger charge is 2.22. The monoisotopic (exact) mass is 477 g/mol. The van der Waals surface area contributed by atoms with Crippen LogP contribution in [0.25, 0.3) is 11.1 Å². The fraction of sp³-hybridized carbons (Fsp3) is 0.286. The fourth-order valence-electron chi connectivity index (χ4n) is 3.79. The van der Waals surface area contributed by atoms with E-state index in [9.17, 15) is 14.7 Å². The number of benzene rings is 3. The number of carbonyl (C=O) groups excluding carboxylic acids is 1. The minimum atomic E-state index is -1.03. The number of carbonyl (C=O) groups is 2. The van der Waals surface area contributed by atoms with Crippen LogP contribution < -0.4 is 5.32 Å². The van der Waals surface area contributed by atoms with Gasteiger partial charge in [0.05, 0.1) is 13.2 Å². The number of amides is 1. The molecule has 2 N–H and O–H groups in total. The van der Waals surface area contributed by atoms with E-state index in [4.69, 9.17) is 4.74 Å². The maximum absolute atomic E-state index is 13.2. The Labute approximate surface area is 205 Å². The molecule has 0 aromatic heterocycles. The molecule has 0 saturated carbocycles. The number of aryl methyl sites for hydroxylation is 2. The third kappa shape index (κ3) is 6.95. The van der Waals surface area contributed by atoms with Crippen molar-refractivity contribution in [2.75, 3.05) is 12.0 Å². The number of carboxylic acids is 1. The molecule has 34 heavy (non-hydrogen) atoms. The van der Waals surface area contributed by atoms with Crippen molar-refractivity contribution >= 4 is 23.6 Å². The molecule has 5 nitrogen and oxygen atoms in total. The van der Waals surface area contributed by atoms with Crippen LogP contribution >= 0.6 is 11.8 Å². The van der Waals surface area contributed by atoms with E-state index in [1.165, 1.54) is 5.56 Å². The molecule has 3 aromatic carbocycles. The summed E-state index contributed by atoms with van der Waals surface area (Å²) in [7, 11) is 0. The van der Waals surface area contributed by atoms with Crippen molar-refractivity contribution in [3.63, 3.8) is 0 Å².